The minimum Gasteiger partial charge on any atom is -0.340 e. The number of carbonyl (C=O) groups is 1. The molecule has 1 fully saturated rings. The van der Waals surface area contributed by atoms with Gasteiger partial charge in [-0.05, 0) is 5.56 Å². The molecule has 92 valence electrons. The number of amides is 1. The highest BCUT2D eigenvalue weighted by Crippen LogP contribution is 2.20. The minimum atomic E-state index is -0.113. The average molecular weight is 250 g/mol. The third-order valence-corrected chi connectivity index (χ3v) is 3.48. The van der Waals surface area contributed by atoms with E-state index in [-0.39, 0.29) is 11.8 Å². The van der Waals surface area contributed by atoms with E-state index < -0.39 is 0 Å². The Morgan fingerprint density at radius 3 is 2.53 bits per heavy atom. The quantitative estimate of drug-likeness (QED) is 0.788. The molecule has 1 saturated heterocycles. The van der Waals surface area contributed by atoms with Crippen LogP contribution in [0.25, 0.3) is 0 Å². The van der Waals surface area contributed by atoms with E-state index in [4.69, 9.17) is 0 Å². The maximum absolute atomic E-state index is 12.4. The van der Waals surface area contributed by atoms with Gasteiger partial charge in [-0.25, -0.2) is 0 Å². The van der Waals surface area contributed by atoms with Gasteiger partial charge in [0.15, 0.2) is 0 Å². The Balaban J connectivity index is 2.10. The summed E-state index contributed by atoms with van der Waals surface area (Å²) in [7, 11) is 0. The van der Waals surface area contributed by atoms with Gasteiger partial charge in [0, 0.05) is 31.9 Å². The van der Waals surface area contributed by atoms with Crippen LogP contribution in [0.4, 0.5) is 0 Å². The summed E-state index contributed by atoms with van der Waals surface area (Å²) in [6.07, 6.45) is 0. The number of nitrogens with zero attached hydrogens (tertiary/aromatic N) is 1. The zero-order chi connectivity index (χ0) is 12.1. The van der Waals surface area contributed by atoms with E-state index in [9.17, 15) is 4.79 Å². The van der Waals surface area contributed by atoms with Crippen LogP contribution in [0.5, 0.6) is 0 Å². The van der Waals surface area contributed by atoms with Crippen LogP contribution in [-0.2, 0) is 4.79 Å². The fourth-order valence-corrected chi connectivity index (χ4v) is 2.48. The molecule has 1 atom stereocenters. The number of benzene rings is 1. The van der Waals surface area contributed by atoms with E-state index in [1.54, 1.807) is 0 Å². The van der Waals surface area contributed by atoms with Crippen molar-refractivity contribution in [3.63, 3.8) is 0 Å². The van der Waals surface area contributed by atoms with Gasteiger partial charge in [0.05, 0.1) is 5.92 Å². The van der Waals surface area contributed by atoms with Crippen molar-refractivity contribution in [2.45, 2.75) is 5.92 Å². The molecule has 0 spiro atoms. The van der Waals surface area contributed by atoms with Crippen LogP contribution in [-0.4, -0.2) is 42.7 Å². The van der Waals surface area contributed by atoms with E-state index in [0.717, 1.165) is 31.7 Å². The Morgan fingerprint density at radius 2 is 1.94 bits per heavy atom. The third-order valence-electron chi connectivity index (χ3n) is 3.11. The largest absolute Gasteiger partial charge is 0.340 e. The highest BCUT2D eigenvalue weighted by Gasteiger charge is 2.25. The molecule has 1 aliphatic rings. The fourth-order valence-electron chi connectivity index (χ4n) is 2.12. The van der Waals surface area contributed by atoms with Gasteiger partial charge in [-0.3, -0.25) is 4.79 Å². The first-order valence-electron chi connectivity index (χ1n) is 5.98. The van der Waals surface area contributed by atoms with Crippen molar-refractivity contribution in [3.05, 3.63) is 35.9 Å². The second-order valence-electron chi connectivity index (χ2n) is 4.22. The van der Waals surface area contributed by atoms with E-state index in [2.05, 4.69) is 17.9 Å². The Kier molecular flexibility index (Phi) is 4.45. The molecule has 3 nitrogen and oxygen atoms in total. The standard InChI is InChI=1S/C13H18N2OS/c16-13(15-8-6-14-7-9-15)12(10-17)11-4-2-1-3-5-11/h1-5,12,14,17H,6-10H2. The van der Waals surface area contributed by atoms with E-state index >= 15 is 0 Å². The molecular weight excluding hydrogens is 232 g/mol. The van der Waals surface area contributed by atoms with E-state index in [1.165, 1.54) is 0 Å². The number of piperazine rings is 1. The highest BCUT2D eigenvalue weighted by molar-refractivity contribution is 7.80. The third kappa shape index (κ3) is 3.01. The lowest BCUT2D eigenvalue weighted by molar-refractivity contribution is -0.132. The lowest BCUT2D eigenvalue weighted by atomic mass is 9.99. The summed E-state index contributed by atoms with van der Waals surface area (Å²) < 4.78 is 0. The van der Waals surface area contributed by atoms with Crippen LogP contribution in [0.3, 0.4) is 0 Å². The van der Waals surface area contributed by atoms with Gasteiger partial charge in [0.1, 0.15) is 0 Å². The van der Waals surface area contributed by atoms with Gasteiger partial charge in [-0.2, -0.15) is 12.6 Å². The van der Waals surface area contributed by atoms with Crippen LogP contribution in [0.2, 0.25) is 0 Å². The molecule has 1 amide bonds. The molecule has 0 radical (unpaired) electrons. The van der Waals surface area contributed by atoms with Gasteiger partial charge in [-0.15, -0.1) is 0 Å². The Hall–Kier alpha value is -1.00. The molecule has 17 heavy (non-hydrogen) atoms. The summed E-state index contributed by atoms with van der Waals surface area (Å²) in [6, 6.07) is 9.91. The zero-order valence-electron chi connectivity index (χ0n) is 9.80. The van der Waals surface area contributed by atoms with Gasteiger partial charge in [-0.1, -0.05) is 30.3 Å². The zero-order valence-corrected chi connectivity index (χ0v) is 10.7. The Morgan fingerprint density at radius 1 is 1.29 bits per heavy atom. The predicted molar refractivity (Wildman–Crippen MR) is 72.5 cm³/mol. The first kappa shape index (κ1) is 12.5. The topological polar surface area (TPSA) is 32.3 Å². The van der Waals surface area contributed by atoms with Crippen LogP contribution in [0.1, 0.15) is 11.5 Å². The molecule has 0 saturated carbocycles. The number of thiol groups is 1. The molecule has 0 aliphatic carbocycles. The number of rotatable bonds is 3. The van der Waals surface area contributed by atoms with Crippen molar-refractivity contribution in [1.82, 2.24) is 10.2 Å². The number of hydrogen-bond donors (Lipinski definition) is 2. The first-order valence-corrected chi connectivity index (χ1v) is 6.61. The van der Waals surface area contributed by atoms with Crippen LogP contribution < -0.4 is 5.32 Å². The van der Waals surface area contributed by atoms with Gasteiger partial charge in [0.2, 0.25) is 5.91 Å². The SMILES string of the molecule is O=C(C(CS)c1ccccc1)N1CCNCC1. The molecule has 1 aliphatic heterocycles. The van der Waals surface area contributed by atoms with Gasteiger partial charge >= 0.3 is 0 Å². The van der Waals surface area contributed by atoms with Crippen LogP contribution in [0.15, 0.2) is 30.3 Å². The van der Waals surface area contributed by atoms with E-state index in [0.29, 0.717) is 5.75 Å². The lowest BCUT2D eigenvalue weighted by Crippen LogP contribution is -2.48. The monoisotopic (exact) mass is 250 g/mol. The molecule has 0 bridgehead atoms. The molecule has 0 aromatic heterocycles. The summed E-state index contributed by atoms with van der Waals surface area (Å²) >= 11 is 4.32. The summed E-state index contributed by atoms with van der Waals surface area (Å²) in [5.41, 5.74) is 1.06. The van der Waals surface area contributed by atoms with E-state index in [1.807, 2.05) is 35.2 Å². The van der Waals surface area contributed by atoms with Crippen molar-refractivity contribution in [2.24, 2.45) is 0 Å². The van der Waals surface area contributed by atoms with Gasteiger partial charge < -0.3 is 10.2 Å². The molecule has 4 heteroatoms. The summed E-state index contributed by atoms with van der Waals surface area (Å²) in [5.74, 6) is 0.651. The molecule has 2 rings (SSSR count). The normalized spacial score (nSPS) is 17.8. The predicted octanol–water partition coefficient (Wildman–Crippen LogP) is 1.13. The average Bonchev–Trinajstić information content (AvgIpc) is 2.42. The summed E-state index contributed by atoms with van der Waals surface area (Å²) in [5, 5.41) is 3.25. The minimum absolute atomic E-state index is 0.113. The number of hydrogen-bond acceptors (Lipinski definition) is 3. The molecular formula is C13H18N2OS. The smallest absolute Gasteiger partial charge is 0.231 e. The maximum Gasteiger partial charge on any atom is 0.231 e. The Bertz CT molecular complexity index is 363. The van der Waals surface area contributed by atoms with Crippen molar-refractivity contribution in [1.29, 1.82) is 0 Å². The van der Waals surface area contributed by atoms with Gasteiger partial charge in [0.25, 0.3) is 0 Å². The summed E-state index contributed by atoms with van der Waals surface area (Å²) in [4.78, 5) is 14.3. The molecule has 1 unspecified atom stereocenters. The van der Waals surface area contributed by atoms with Crippen molar-refractivity contribution in [3.8, 4) is 0 Å². The molecule has 1 heterocycles. The van der Waals surface area contributed by atoms with Crippen molar-refractivity contribution in [2.75, 3.05) is 31.9 Å². The second kappa shape index (κ2) is 6.07. The summed E-state index contributed by atoms with van der Waals surface area (Å²) in [6.45, 7) is 3.38. The molecule has 1 N–H and O–H groups in total. The maximum atomic E-state index is 12.4. The van der Waals surface area contributed by atoms with Crippen LogP contribution >= 0.6 is 12.6 Å². The fraction of sp³-hybridized carbons (Fsp3) is 0.462. The first-order chi connectivity index (χ1) is 8.33. The Labute approximate surface area is 108 Å². The van der Waals surface area contributed by atoms with Crippen molar-refractivity contribution >= 4 is 18.5 Å². The van der Waals surface area contributed by atoms with Crippen molar-refractivity contribution < 1.29 is 4.79 Å². The number of carbonyl (C=O) groups excluding carboxylic acids is 1. The van der Waals surface area contributed by atoms with Crippen LogP contribution in [0, 0.1) is 0 Å². The highest BCUT2D eigenvalue weighted by atomic mass is 32.1. The molecule has 1 aromatic carbocycles. The lowest BCUT2D eigenvalue weighted by Gasteiger charge is -2.30. The second-order valence-corrected chi connectivity index (χ2v) is 4.59. The number of nitrogens with one attached hydrogen (secondary N) is 1. The molecule has 1 aromatic rings.